The van der Waals surface area contributed by atoms with Gasteiger partial charge < -0.3 is 14.6 Å². The predicted octanol–water partition coefficient (Wildman–Crippen LogP) is 5.06. The number of non-ortho nitro benzene ring substituents is 1. The van der Waals surface area contributed by atoms with Crippen molar-refractivity contribution in [2.75, 3.05) is 6.61 Å². The zero-order valence-electron chi connectivity index (χ0n) is 19.2. The molecule has 0 fully saturated rings. The zero-order chi connectivity index (χ0) is 23.5. The molecule has 2 aromatic heterocycles. The number of amides is 1. The average Bonchev–Trinajstić information content (AvgIpc) is 3.08. The highest BCUT2D eigenvalue weighted by molar-refractivity contribution is 6.76. The molecule has 0 saturated carbocycles. The Bertz CT molecular complexity index is 1130. The molecule has 0 saturated heterocycles. The van der Waals surface area contributed by atoms with Crippen molar-refractivity contribution in [1.82, 2.24) is 14.9 Å². The number of nitro benzene ring substituents is 1. The smallest absolute Gasteiger partial charge is 0.270 e. The van der Waals surface area contributed by atoms with Gasteiger partial charge in [0.05, 0.1) is 10.5 Å². The van der Waals surface area contributed by atoms with Gasteiger partial charge in [0.25, 0.3) is 11.6 Å². The molecule has 1 N–H and O–H groups in total. The summed E-state index contributed by atoms with van der Waals surface area (Å²) in [6, 6.07) is 9.29. The molecule has 1 amide bonds. The van der Waals surface area contributed by atoms with E-state index >= 15 is 0 Å². The molecule has 8 nitrogen and oxygen atoms in total. The molecule has 170 valence electrons. The van der Waals surface area contributed by atoms with Gasteiger partial charge in [0.2, 0.25) is 0 Å². The number of carbonyl (C=O) groups excluding carboxylic acids is 1. The van der Waals surface area contributed by atoms with Crippen LogP contribution in [0.2, 0.25) is 25.7 Å². The van der Waals surface area contributed by atoms with Crippen molar-refractivity contribution in [1.29, 1.82) is 0 Å². The molecule has 0 atom stereocenters. The molecule has 1 aromatic carbocycles. The number of hydrogen-bond donors (Lipinski definition) is 1. The molecule has 0 spiro atoms. The van der Waals surface area contributed by atoms with Crippen LogP contribution < -0.4 is 5.32 Å². The molecular weight excluding hydrogens is 424 g/mol. The van der Waals surface area contributed by atoms with Crippen LogP contribution >= 0.6 is 0 Å². The minimum absolute atomic E-state index is 0.00809. The van der Waals surface area contributed by atoms with E-state index in [9.17, 15) is 14.9 Å². The van der Waals surface area contributed by atoms with Crippen LogP contribution in [0.3, 0.4) is 0 Å². The van der Waals surface area contributed by atoms with Gasteiger partial charge >= 0.3 is 0 Å². The van der Waals surface area contributed by atoms with Crippen LogP contribution in [0.25, 0.3) is 22.2 Å². The number of nitrogens with zero attached hydrogens (tertiary/aromatic N) is 3. The fourth-order valence-corrected chi connectivity index (χ4v) is 4.05. The molecule has 32 heavy (non-hydrogen) atoms. The number of nitrogens with one attached hydrogen (secondary N) is 1. The van der Waals surface area contributed by atoms with E-state index in [2.05, 4.69) is 29.9 Å². The number of pyridine rings is 1. The van der Waals surface area contributed by atoms with Crippen LogP contribution in [0, 0.1) is 10.1 Å². The fraction of sp³-hybridized carbons (Fsp3) is 0.391. The van der Waals surface area contributed by atoms with E-state index in [1.54, 1.807) is 24.5 Å². The summed E-state index contributed by atoms with van der Waals surface area (Å²) in [4.78, 5) is 28.2. The minimum atomic E-state index is -1.20. The Balaban J connectivity index is 1.98. The minimum Gasteiger partial charge on any atom is -0.361 e. The maximum atomic E-state index is 12.9. The topological polar surface area (TPSA) is 99.3 Å². The lowest BCUT2D eigenvalue weighted by atomic mass is 10.0. The van der Waals surface area contributed by atoms with Crippen molar-refractivity contribution in [3.8, 4) is 11.1 Å². The van der Waals surface area contributed by atoms with Crippen molar-refractivity contribution in [2.45, 2.75) is 52.3 Å². The quantitative estimate of drug-likeness (QED) is 0.211. The summed E-state index contributed by atoms with van der Waals surface area (Å²) in [5, 5.41) is 14.8. The number of hydrogen-bond acceptors (Lipinski definition) is 5. The summed E-state index contributed by atoms with van der Waals surface area (Å²) in [6.45, 7) is 11.7. The number of fused-ring (bicyclic) bond motifs is 1. The van der Waals surface area contributed by atoms with Crippen molar-refractivity contribution in [3.05, 3.63) is 58.4 Å². The maximum Gasteiger partial charge on any atom is 0.270 e. The molecule has 0 aliphatic carbocycles. The lowest BCUT2D eigenvalue weighted by Crippen LogP contribution is -2.29. The molecular formula is C23H30N4O4Si. The van der Waals surface area contributed by atoms with Gasteiger partial charge in [-0.25, -0.2) is 4.98 Å². The third-order valence-corrected chi connectivity index (χ3v) is 6.70. The Hall–Kier alpha value is -3.04. The van der Waals surface area contributed by atoms with Crippen LogP contribution in [0.15, 0.2) is 42.7 Å². The fourth-order valence-electron chi connectivity index (χ4n) is 3.29. The van der Waals surface area contributed by atoms with Crippen LogP contribution in [0.4, 0.5) is 5.69 Å². The molecule has 0 aliphatic heterocycles. The monoisotopic (exact) mass is 454 g/mol. The number of carbonyl (C=O) groups is 1. The van der Waals surface area contributed by atoms with Crippen molar-refractivity contribution in [2.24, 2.45) is 0 Å². The van der Waals surface area contributed by atoms with Gasteiger partial charge in [0.1, 0.15) is 12.4 Å². The Morgan fingerprint density at radius 1 is 1.25 bits per heavy atom. The predicted molar refractivity (Wildman–Crippen MR) is 129 cm³/mol. The Morgan fingerprint density at radius 2 is 2.00 bits per heavy atom. The standard InChI is InChI=1S/C23H30N4O4Si/c1-16(2)25-23(28)21-14-26(15-31-9-10-32(3,4)5)22-20(21)12-18(13-24-22)17-7-6-8-19(11-17)27(29)30/h6-8,11-14,16H,9-10,15H2,1-5H3,(H,25,28). The van der Waals surface area contributed by atoms with Crippen molar-refractivity contribution < 1.29 is 14.5 Å². The van der Waals surface area contributed by atoms with E-state index in [0.717, 1.165) is 6.04 Å². The number of nitro groups is 1. The third kappa shape index (κ3) is 5.80. The van der Waals surface area contributed by atoms with Crippen LogP contribution in [0.1, 0.15) is 24.2 Å². The SMILES string of the molecule is CC(C)NC(=O)c1cn(COCC[Si](C)(C)C)c2ncc(-c3cccc([N+](=O)[O-])c3)cc12. The van der Waals surface area contributed by atoms with E-state index in [1.807, 2.05) is 24.5 Å². The van der Waals surface area contributed by atoms with E-state index in [0.29, 0.717) is 41.1 Å². The van der Waals surface area contributed by atoms with Gasteiger partial charge in [-0.15, -0.1) is 0 Å². The first-order chi connectivity index (χ1) is 15.0. The van der Waals surface area contributed by atoms with Gasteiger partial charge in [-0.2, -0.15) is 0 Å². The Morgan fingerprint density at radius 3 is 2.66 bits per heavy atom. The summed E-state index contributed by atoms with van der Waals surface area (Å²) in [5.74, 6) is -0.191. The van der Waals surface area contributed by atoms with E-state index < -0.39 is 13.0 Å². The highest BCUT2D eigenvalue weighted by Gasteiger charge is 2.19. The maximum absolute atomic E-state index is 12.9. The van der Waals surface area contributed by atoms with Crippen molar-refractivity contribution >= 4 is 30.7 Å². The molecule has 0 bridgehead atoms. The van der Waals surface area contributed by atoms with Gasteiger partial charge in [0, 0.05) is 56.2 Å². The zero-order valence-corrected chi connectivity index (χ0v) is 20.2. The molecule has 3 aromatic rings. The average molecular weight is 455 g/mol. The third-order valence-electron chi connectivity index (χ3n) is 5.00. The molecule has 0 unspecified atom stereocenters. The van der Waals surface area contributed by atoms with Gasteiger partial charge in [-0.05, 0) is 31.5 Å². The second-order valence-electron chi connectivity index (χ2n) is 9.39. The number of ether oxygens (including phenoxy) is 1. The number of benzene rings is 1. The Labute approximate surface area is 188 Å². The summed E-state index contributed by atoms with van der Waals surface area (Å²) in [5.41, 5.74) is 2.53. The van der Waals surface area contributed by atoms with Crippen LogP contribution in [-0.4, -0.2) is 41.1 Å². The summed E-state index contributed by atoms with van der Waals surface area (Å²) in [6.07, 6.45) is 3.44. The highest BCUT2D eigenvalue weighted by Crippen LogP contribution is 2.28. The van der Waals surface area contributed by atoms with Crippen LogP contribution in [-0.2, 0) is 11.5 Å². The van der Waals surface area contributed by atoms with Gasteiger partial charge in [-0.3, -0.25) is 14.9 Å². The molecule has 0 radical (unpaired) electrons. The lowest BCUT2D eigenvalue weighted by molar-refractivity contribution is -0.384. The normalized spacial score (nSPS) is 11.8. The largest absolute Gasteiger partial charge is 0.361 e. The molecule has 9 heteroatoms. The summed E-state index contributed by atoms with van der Waals surface area (Å²) < 4.78 is 7.73. The second kappa shape index (κ2) is 9.62. The summed E-state index contributed by atoms with van der Waals surface area (Å²) >= 11 is 0. The van der Waals surface area contributed by atoms with Gasteiger partial charge in [-0.1, -0.05) is 31.8 Å². The highest BCUT2D eigenvalue weighted by atomic mass is 28.3. The van der Waals surface area contributed by atoms with Crippen molar-refractivity contribution in [3.63, 3.8) is 0 Å². The first-order valence-corrected chi connectivity index (χ1v) is 14.4. The second-order valence-corrected chi connectivity index (χ2v) is 15.0. The Kier molecular flexibility index (Phi) is 7.10. The molecule has 3 rings (SSSR count). The number of rotatable bonds is 9. The van der Waals surface area contributed by atoms with Crippen LogP contribution in [0.5, 0.6) is 0 Å². The van der Waals surface area contributed by atoms with E-state index in [-0.39, 0.29) is 17.6 Å². The first kappa shape index (κ1) is 23.6. The molecule has 0 aliphatic rings. The molecule has 2 heterocycles. The van der Waals surface area contributed by atoms with Gasteiger partial charge in [0.15, 0.2) is 0 Å². The van der Waals surface area contributed by atoms with E-state index in [4.69, 9.17) is 4.74 Å². The lowest BCUT2D eigenvalue weighted by Gasteiger charge is -2.15. The summed E-state index contributed by atoms with van der Waals surface area (Å²) in [7, 11) is -1.20. The first-order valence-electron chi connectivity index (χ1n) is 10.7. The van der Waals surface area contributed by atoms with E-state index in [1.165, 1.54) is 12.1 Å². The number of aromatic nitrogens is 2.